The number of carbonyl (C=O) groups is 1. The molecule has 0 heterocycles. The molecule has 0 aliphatic heterocycles. The Kier molecular flexibility index (Phi) is 7.69. The van der Waals surface area contributed by atoms with Gasteiger partial charge in [-0.1, -0.05) is 41.7 Å². The number of nitrogens with zero attached hydrogens (tertiary/aromatic N) is 2. The van der Waals surface area contributed by atoms with Crippen molar-refractivity contribution in [3.05, 3.63) is 81.3 Å². The summed E-state index contributed by atoms with van der Waals surface area (Å²) in [6.07, 6.45) is 0.908. The van der Waals surface area contributed by atoms with Crippen LogP contribution >= 0.6 is 34.8 Å². The number of rotatable bonds is 7. The van der Waals surface area contributed by atoms with Crippen molar-refractivity contribution >= 4 is 52.1 Å². The predicted octanol–water partition coefficient (Wildman–Crippen LogP) is 8.07. The number of carbonyl (C=O) groups excluding carboxylic acids is 1. The van der Waals surface area contributed by atoms with Gasteiger partial charge in [-0.3, -0.25) is 0 Å². The van der Waals surface area contributed by atoms with Gasteiger partial charge < -0.3 is 9.47 Å². The van der Waals surface area contributed by atoms with Crippen molar-refractivity contribution in [2.24, 2.45) is 10.2 Å². The maximum atomic E-state index is 12.4. The minimum Gasteiger partial charge on any atom is -0.494 e. The number of hydrogen-bond acceptors (Lipinski definition) is 5. The zero-order valence-electron chi connectivity index (χ0n) is 15.9. The molecule has 0 bridgehead atoms. The van der Waals surface area contributed by atoms with E-state index in [0.29, 0.717) is 39.3 Å². The van der Waals surface area contributed by atoms with Crippen molar-refractivity contribution in [1.29, 1.82) is 0 Å². The highest BCUT2D eigenvalue weighted by atomic mass is 35.5. The molecular weight excluding hydrogens is 447 g/mol. The fourth-order valence-electron chi connectivity index (χ4n) is 2.36. The van der Waals surface area contributed by atoms with E-state index in [0.717, 1.165) is 6.42 Å². The first-order valence-electron chi connectivity index (χ1n) is 9.07. The number of azo groups is 1. The summed E-state index contributed by atoms with van der Waals surface area (Å²) < 4.78 is 10.9. The normalized spacial score (nSPS) is 10.9. The lowest BCUT2D eigenvalue weighted by atomic mass is 10.2. The van der Waals surface area contributed by atoms with Crippen LogP contribution in [0.25, 0.3) is 0 Å². The molecule has 154 valence electrons. The zero-order valence-corrected chi connectivity index (χ0v) is 18.2. The first kappa shape index (κ1) is 22.1. The van der Waals surface area contributed by atoms with E-state index in [1.165, 1.54) is 0 Å². The number of hydrogen-bond donors (Lipinski definition) is 0. The third-order valence-electron chi connectivity index (χ3n) is 3.87. The Balaban J connectivity index is 1.66. The molecule has 5 nitrogen and oxygen atoms in total. The van der Waals surface area contributed by atoms with Crippen molar-refractivity contribution in [3.8, 4) is 11.5 Å². The second-order valence-electron chi connectivity index (χ2n) is 6.18. The molecule has 0 aliphatic carbocycles. The summed E-state index contributed by atoms with van der Waals surface area (Å²) >= 11 is 18.1. The fraction of sp³-hybridized carbons (Fsp3) is 0.136. The zero-order chi connectivity index (χ0) is 21.5. The molecule has 8 heteroatoms. The van der Waals surface area contributed by atoms with Gasteiger partial charge in [0.05, 0.1) is 38.6 Å². The summed E-state index contributed by atoms with van der Waals surface area (Å²) in [6.45, 7) is 2.64. The average molecular weight is 464 g/mol. The molecule has 0 fully saturated rings. The van der Waals surface area contributed by atoms with Gasteiger partial charge in [0.1, 0.15) is 11.5 Å². The molecule has 0 radical (unpaired) electrons. The molecule has 0 aromatic heterocycles. The molecule has 3 rings (SSSR count). The molecule has 0 amide bonds. The van der Waals surface area contributed by atoms with Gasteiger partial charge in [-0.05, 0) is 67.1 Å². The molecule has 0 spiro atoms. The average Bonchev–Trinajstić information content (AvgIpc) is 2.75. The third kappa shape index (κ3) is 5.95. The van der Waals surface area contributed by atoms with Crippen molar-refractivity contribution in [2.45, 2.75) is 13.3 Å². The van der Waals surface area contributed by atoms with Crippen molar-refractivity contribution in [2.75, 3.05) is 6.61 Å². The Hall–Kier alpha value is -2.60. The predicted molar refractivity (Wildman–Crippen MR) is 119 cm³/mol. The summed E-state index contributed by atoms with van der Waals surface area (Å²) in [7, 11) is 0. The van der Waals surface area contributed by atoms with E-state index in [2.05, 4.69) is 10.2 Å². The lowest BCUT2D eigenvalue weighted by Gasteiger charge is -2.08. The molecule has 0 unspecified atom stereocenters. The molecule has 3 aromatic carbocycles. The topological polar surface area (TPSA) is 60.2 Å². The molecule has 0 aliphatic rings. The lowest BCUT2D eigenvalue weighted by molar-refractivity contribution is 0.0735. The van der Waals surface area contributed by atoms with E-state index in [1.807, 2.05) is 6.92 Å². The Morgan fingerprint density at radius 3 is 2.07 bits per heavy atom. The van der Waals surface area contributed by atoms with Crippen LogP contribution in [0.1, 0.15) is 23.7 Å². The molecular formula is C22H17Cl3N2O3. The van der Waals surface area contributed by atoms with Crippen LogP contribution in [-0.2, 0) is 0 Å². The summed E-state index contributed by atoms with van der Waals surface area (Å²) in [5.74, 6) is 0.397. The summed E-state index contributed by atoms with van der Waals surface area (Å²) in [5.41, 5.74) is 1.42. The van der Waals surface area contributed by atoms with Crippen molar-refractivity contribution in [1.82, 2.24) is 0 Å². The van der Waals surface area contributed by atoms with Crippen LogP contribution in [0.2, 0.25) is 15.1 Å². The Bertz CT molecular complexity index is 1070. The van der Waals surface area contributed by atoms with Gasteiger partial charge in [0.2, 0.25) is 0 Å². The van der Waals surface area contributed by atoms with Gasteiger partial charge in [0.25, 0.3) is 0 Å². The molecule has 0 saturated heterocycles. The minimum absolute atomic E-state index is 0.224. The first-order chi connectivity index (χ1) is 14.5. The van der Waals surface area contributed by atoms with Crippen LogP contribution in [0, 0.1) is 0 Å². The second-order valence-corrected chi connectivity index (χ2v) is 7.40. The highest BCUT2D eigenvalue weighted by Crippen LogP contribution is 2.32. The van der Waals surface area contributed by atoms with Gasteiger partial charge in [-0.25, -0.2) is 4.79 Å². The van der Waals surface area contributed by atoms with E-state index < -0.39 is 5.97 Å². The first-order valence-corrected chi connectivity index (χ1v) is 10.2. The van der Waals surface area contributed by atoms with E-state index in [-0.39, 0.29) is 10.8 Å². The van der Waals surface area contributed by atoms with Gasteiger partial charge in [-0.2, -0.15) is 10.2 Å². The van der Waals surface area contributed by atoms with Gasteiger partial charge in [-0.15, -0.1) is 0 Å². The molecule has 0 atom stereocenters. The maximum Gasteiger partial charge on any atom is 0.343 e. The van der Waals surface area contributed by atoms with Gasteiger partial charge >= 0.3 is 5.97 Å². The van der Waals surface area contributed by atoms with Crippen LogP contribution in [0.15, 0.2) is 70.9 Å². The Morgan fingerprint density at radius 2 is 1.47 bits per heavy atom. The summed E-state index contributed by atoms with van der Waals surface area (Å²) in [6, 6.07) is 16.4. The largest absolute Gasteiger partial charge is 0.494 e. The smallest absolute Gasteiger partial charge is 0.343 e. The highest BCUT2D eigenvalue weighted by molar-refractivity contribution is 6.42. The van der Waals surface area contributed by atoms with Crippen LogP contribution in [0.3, 0.4) is 0 Å². The standard InChI is InChI=1S/C22H17Cl3N2O3/c1-2-11-29-17-7-3-14(4-8-17)22(28)30-21-10-6-16(13-20(21)25)27-26-15-5-9-18(23)19(24)12-15/h3-10,12-13H,2,11H2,1H3. The van der Waals surface area contributed by atoms with Crippen LogP contribution in [-0.4, -0.2) is 12.6 Å². The van der Waals surface area contributed by atoms with Crippen molar-refractivity contribution < 1.29 is 14.3 Å². The van der Waals surface area contributed by atoms with Crippen molar-refractivity contribution in [3.63, 3.8) is 0 Å². The highest BCUT2D eigenvalue weighted by Gasteiger charge is 2.12. The van der Waals surface area contributed by atoms with Gasteiger partial charge in [0.15, 0.2) is 0 Å². The summed E-state index contributed by atoms with van der Waals surface area (Å²) in [5, 5.41) is 9.25. The molecule has 3 aromatic rings. The molecule has 30 heavy (non-hydrogen) atoms. The third-order valence-corrected chi connectivity index (χ3v) is 4.90. The monoisotopic (exact) mass is 462 g/mol. The number of esters is 1. The quantitative estimate of drug-likeness (QED) is 0.202. The minimum atomic E-state index is -0.524. The SMILES string of the molecule is CCCOc1ccc(C(=O)Oc2ccc(N=Nc3ccc(Cl)c(Cl)c3)cc2Cl)cc1. The number of benzene rings is 3. The van der Waals surface area contributed by atoms with Gasteiger partial charge in [0, 0.05) is 0 Å². The van der Waals surface area contributed by atoms with E-state index in [4.69, 9.17) is 44.3 Å². The van der Waals surface area contributed by atoms with E-state index in [1.54, 1.807) is 60.7 Å². The van der Waals surface area contributed by atoms with Crippen LogP contribution in [0.5, 0.6) is 11.5 Å². The van der Waals surface area contributed by atoms with E-state index >= 15 is 0 Å². The van der Waals surface area contributed by atoms with E-state index in [9.17, 15) is 4.79 Å². The number of ether oxygens (including phenoxy) is 2. The number of halogens is 3. The van der Waals surface area contributed by atoms with Crippen LogP contribution < -0.4 is 9.47 Å². The second kappa shape index (κ2) is 10.4. The summed E-state index contributed by atoms with van der Waals surface area (Å²) in [4.78, 5) is 12.4. The maximum absolute atomic E-state index is 12.4. The lowest BCUT2D eigenvalue weighted by Crippen LogP contribution is -2.08. The Morgan fingerprint density at radius 1 is 0.833 bits per heavy atom. The Labute approximate surface area is 189 Å². The fourth-order valence-corrected chi connectivity index (χ4v) is 2.87. The molecule has 0 saturated carbocycles. The molecule has 0 N–H and O–H groups in total. The van der Waals surface area contributed by atoms with Crippen LogP contribution in [0.4, 0.5) is 11.4 Å².